The van der Waals surface area contributed by atoms with Crippen LogP contribution in [0.4, 0.5) is 20.4 Å². The largest absolute Gasteiger partial charge is 0.495 e. The molecule has 1 heterocycles. The third kappa shape index (κ3) is 3.75. The van der Waals surface area contributed by atoms with Gasteiger partial charge in [-0.2, -0.15) is 4.39 Å². The van der Waals surface area contributed by atoms with Crippen LogP contribution in [0, 0.1) is 11.6 Å². The minimum absolute atomic E-state index is 0.189. The summed E-state index contributed by atoms with van der Waals surface area (Å²) >= 11 is 3.38. The highest BCUT2D eigenvalue weighted by atomic mass is 79.9. The number of aromatic nitrogens is 2. The zero-order valence-corrected chi connectivity index (χ0v) is 15.5. The van der Waals surface area contributed by atoms with Crippen molar-refractivity contribution in [3.63, 3.8) is 0 Å². The second kappa shape index (κ2) is 7.65. The molecule has 0 unspecified atom stereocenters. The molecule has 1 N–H and O–H groups in total. The topological polar surface area (TPSA) is 56.3 Å². The number of rotatable bonds is 5. The van der Waals surface area contributed by atoms with E-state index in [-0.39, 0.29) is 5.75 Å². The molecule has 0 aliphatic rings. The van der Waals surface area contributed by atoms with Crippen LogP contribution in [0.5, 0.6) is 11.5 Å². The Bertz CT molecular complexity index is 954. The number of ether oxygens (including phenoxy) is 2. The summed E-state index contributed by atoms with van der Waals surface area (Å²) in [5, 5.41) is 3.05. The number of benzene rings is 2. The molecule has 0 aliphatic carbocycles. The Labute approximate surface area is 157 Å². The lowest BCUT2D eigenvalue weighted by atomic mass is 10.1. The Morgan fingerprint density at radius 2 is 1.77 bits per heavy atom. The first kappa shape index (κ1) is 18.1. The lowest BCUT2D eigenvalue weighted by Gasteiger charge is -2.10. The maximum absolute atomic E-state index is 13.7. The van der Waals surface area contributed by atoms with Crippen LogP contribution in [-0.2, 0) is 0 Å². The number of hydrogen-bond acceptors (Lipinski definition) is 5. The van der Waals surface area contributed by atoms with Crippen molar-refractivity contribution >= 4 is 27.6 Å². The van der Waals surface area contributed by atoms with Crippen molar-refractivity contribution in [3.05, 3.63) is 58.7 Å². The van der Waals surface area contributed by atoms with E-state index in [9.17, 15) is 8.78 Å². The number of anilines is 2. The molecule has 2 aromatic carbocycles. The molecule has 1 aromatic heterocycles. The Morgan fingerprint density at radius 3 is 2.50 bits per heavy atom. The minimum atomic E-state index is -1.04. The van der Waals surface area contributed by atoms with E-state index in [1.807, 2.05) is 12.1 Å². The zero-order valence-electron chi connectivity index (χ0n) is 13.9. The highest BCUT2D eigenvalue weighted by molar-refractivity contribution is 9.10. The van der Waals surface area contributed by atoms with Crippen LogP contribution in [0.1, 0.15) is 0 Å². The molecular weight excluding hydrogens is 408 g/mol. The summed E-state index contributed by atoms with van der Waals surface area (Å²) in [6, 6.07) is 9.47. The van der Waals surface area contributed by atoms with E-state index >= 15 is 0 Å². The minimum Gasteiger partial charge on any atom is -0.495 e. The summed E-state index contributed by atoms with van der Waals surface area (Å²) in [4.78, 5) is 8.49. The van der Waals surface area contributed by atoms with Crippen molar-refractivity contribution in [3.8, 4) is 22.8 Å². The molecule has 0 saturated heterocycles. The molecule has 5 nitrogen and oxygen atoms in total. The molecule has 0 fully saturated rings. The molecule has 0 radical (unpaired) electrons. The van der Waals surface area contributed by atoms with E-state index < -0.39 is 11.6 Å². The second-order valence-electron chi connectivity index (χ2n) is 5.21. The van der Waals surface area contributed by atoms with Gasteiger partial charge in [-0.05, 0) is 46.3 Å². The van der Waals surface area contributed by atoms with E-state index in [4.69, 9.17) is 9.47 Å². The average Bonchev–Trinajstić information content (AvgIpc) is 2.65. The number of methoxy groups -OCH3 is 2. The molecule has 3 aromatic rings. The standard InChI is InChI=1S/C18H14BrF2N3O2/c1-25-15-9-11(3-4-12(15)19)23-18-22-6-5-14(24-18)10-7-13(20)17(21)16(8-10)26-2/h3-9H,1-2H3,(H,22,23,24). The summed E-state index contributed by atoms with van der Waals surface area (Å²) in [6.07, 6.45) is 1.52. The summed E-state index contributed by atoms with van der Waals surface area (Å²) in [7, 11) is 2.84. The number of hydrogen-bond donors (Lipinski definition) is 1. The SMILES string of the molecule is COc1cc(Nc2nccc(-c3cc(F)c(F)c(OC)c3)n2)ccc1Br. The van der Waals surface area contributed by atoms with Gasteiger partial charge in [-0.25, -0.2) is 14.4 Å². The monoisotopic (exact) mass is 421 g/mol. The summed E-state index contributed by atoms with van der Waals surface area (Å²) in [5.74, 6) is -1.28. The van der Waals surface area contributed by atoms with E-state index in [2.05, 4.69) is 31.2 Å². The van der Waals surface area contributed by atoms with Crippen molar-refractivity contribution in [1.29, 1.82) is 0 Å². The van der Waals surface area contributed by atoms with Crippen molar-refractivity contribution in [2.75, 3.05) is 19.5 Å². The molecule has 3 rings (SSSR count). The van der Waals surface area contributed by atoms with Gasteiger partial charge in [-0.1, -0.05) is 0 Å². The molecule has 0 saturated carbocycles. The first-order chi connectivity index (χ1) is 12.5. The lowest BCUT2D eigenvalue weighted by Crippen LogP contribution is -1.99. The van der Waals surface area contributed by atoms with Crippen LogP contribution in [0.15, 0.2) is 47.1 Å². The molecule has 26 heavy (non-hydrogen) atoms. The van der Waals surface area contributed by atoms with Crippen LogP contribution >= 0.6 is 15.9 Å². The van der Waals surface area contributed by atoms with Gasteiger partial charge in [0.15, 0.2) is 11.6 Å². The van der Waals surface area contributed by atoms with E-state index in [1.54, 1.807) is 19.2 Å². The first-order valence-electron chi connectivity index (χ1n) is 7.49. The quantitative estimate of drug-likeness (QED) is 0.631. The van der Waals surface area contributed by atoms with Crippen molar-refractivity contribution in [2.45, 2.75) is 0 Å². The molecule has 0 bridgehead atoms. The molecule has 8 heteroatoms. The maximum Gasteiger partial charge on any atom is 0.227 e. The van der Waals surface area contributed by atoms with Gasteiger partial charge in [0.2, 0.25) is 11.8 Å². The number of nitrogens with zero attached hydrogens (tertiary/aromatic N) is 2. The smallest absolute Gasteiger partial charge is 0.227 e. The van der Waals surface area contributed by atoms with Gasteiger partial charge < -0.3 is 14.8 Å². The van der Waals surface area contributed by atoms with Crippen LogP contribution in [0.2, 0.25) is 0 Å². The fraction of sp³-hybridized carbons (Fsp3) is 0.111. The van der Waals surface area contributed by atoms with Crippen molar-refractivity contribution < 1.29 is 18.3 Å². The molecule has 0 atom stereocenters. The second-order valence-corrected chi connectivity index (χ2v) is 6.07. The fourth-order valence-electron chi connectivity index (χ4n) is 2.31. The van der Waals surface area contributed by atoms with Gasteiger partial charge in [-0.3, -0.25) is 0 Å². The van der Waals surface area contributed by atoms with E-state index in [0.29, 0.717) is 28.6 Å². The van der Waals surface area contributed by atoms with Gasteiger partial charge in [0.1, 0.15) is 5.75 Å². The third-order valence-electron chi connectivity index (χ3n) is 3.57. The predicted molar refractivity (Wildman–Crippen MR) is 97.9 cm³/mol. The van der Waals surface area contributed by atoms with Crippen molar-refractivity contribution in [2.24, 2.45) is 0 Å². The molecule has 0 spiro atoms. The Hall–Kier alpha value is -2.74. The molecule has 134 valence electrons. The van der Waals surface area contributed by atoms with E-state index in [0.717, 1.165) is 10.5 Å². The van der Waals surface area contributed by atoms with Crippen molar-refractivity contribution in [1.82, 2.24) is 9.97 Å². The van der Waals surface area contributed by atoms with E-state index in [1.165, 1.54) is 19.4 Å². The summed E-state index contributed by atoms with van der Waals surface area (Å²) in [5.41, 5.74) is 1.51. The normalized spacial score (nSPS) is 10.5. The Balaban J connectivity index is 1.93. The number of nitrogens with one attached hydrogen (secondary N) is 1. The highest BCUT2D eigenvalue weighted by Gasteiger charge is 2.13. The van der Waals surface area contributed by atoms with Gasteiger partial charge in [0.25, 0.3) is 0 Å². The Morgan fingerprint density at radius 1 is 1.00 bits per heavy atom. The molecular formula is C18H14BrF2N3O2. The highest BCUT2D eigenvalue weighted by Crippen LogP contribution is 2.30. The predicted octanol–water partition coefficient (Wildman–Crippen LogP) is 4.95. The maximum atomic E-state index is 13.7. The Kier molecular flexibility index (Phi) is 5.32. The van der Waals surface area contributed by atoms with Gasteiger partial charge >= 0.3 is 0 Å². The van der Waals surface area contributed by atoms with Gasteiger partial charge in [0, 0.05) is 23.5 Å². The van der Waals surface area contributed by atoms with Crippen LogP contribution in [0.25, 0.3) is 11.3 Å². The first-order valence-corrected chi connectivity index (χ1v) is 8.28. The third-order valence-corrected chi connectivity index (χ3v) is 4.23. The zero-order chi connectivity index (χ0) is 18.7. The van der Waals surface area contributed by atoms with Gasteiger partial charge in [-0.15, -0.1) is 0 Å². The summed E-state index contributed by atoms with van der Waals surface area (Å²) in [6.45, 7) is 0. The van der Waals surface area contributed by atoms with Gasteiger partial charge in [0.05, 0.1) is 24.4 Å². The molecule has 0 amide bonds. The van der Waals surface area contributed by atoms with Crippen LogP contribution in [0.3, 0.4) is 0 Å². The summed E-state index contributed by atoms with van der Waals surface area (Å²) < 4.78 is 38.3. The average molecular weight is 422 g/mol. The fourth-order valence-corrected chi connectivity index (χ4v) is 2.72. The number of halogens is 3. The van der Waals surface area contributed by atoms with Crippen LogP contribution in [-0.4, -0.2) is 24.2 Å². The molecule has 0 aliphatic heterocycles. The lowest BCUT2D eigenvalue weighted by molar-refractivity contribution is 0.372. The van der Waals surface area contributed by atoms with Crippen LogP contribution < -0.4 is 14.8 Å².